The van der Waals surface area contributed by atoms with Crippen LogP contribution in [0.5, 0.6) is 0 Å². The number of likely N-dealkylation sites (N-methyl/N-ethyl adjacent to an activating group) is 1. The second-order valence-corrected chi connectivity index (χ2v) is 7.17. The normalized spacial score (nSPS) is 16.1. The summed E-state index contributed by atoms with van der Waals surface area (Å²) in [5.74, 6) is -1.83. The van der Waals surface area contributed by atoms with Crippen molar-refractivity contribution >= 4 is 23.4 Å². The third-order valence-corrected chi connectivity index (χ3v) is 5.23. The molecule has 2 aromatic rings. The van der Waals surface area contributed by atoms with Crippen molar-refractivity contribution < 1.29 is 14.4 Å². The lowest BCUT2D eigenvalue weighted by molar-refractivity contribution is -0.136. The standard InChI is InChI=1S/C22H27N5O3/c1-2-27-13-5-6-17(27)15-25-21(29)22(30)26-19-8-4-3-7-18(19)20(28)24-14-16-9-11-23-12-10-16/h3-4,7-12,17H,2,5-6,13-15H2,1H3,(H,24,28)(H,25,29)(H,26,30). The highest BCUT2D eigenvalue weighted by molar-refractivity contribution is 6.40. The first-order valence-corrected chi connectivity index (χ1v) is 10.2. The Labute approximate surface area is 176 Å². The summed E-state index contributed by atoms with van der Waals surface area (Å²) in [7, 11) is 0. The van der Waals surface area contributed by atoms with Crippen LogP contribution in [0.4, 0.5) is 5.69 Å². The molecule has 8 nitrogen and oxygen atoms in total. The zero-order chi connectivity index (χ0) is 21.3. The second-order valence-electron chi connectivity index (χ2n) is 7.17. The first-order valence-electron chi connectivity index (χ1n) is 10.2. The van der Waals surface area contributed by atoms with E-state index in [1.807, 2.05) is 12.1 Å². The average molecular weight is 409 g/mol. The minimum absolute atomic E-state index is 0.262. The van der Waals surface area contributed by atoms with Crippen LogP contribution in [0.2, 0.25) is 0 Å². The number of carbonyl (C=O) groups is 3. The van der Waals surface area contributed by atoms with Crippen LogP contribution in [0, 0.1) is 0 Å². The fourth-order valence-electron chi connectivity index (χ4n) is 3.58. The van der Waals surface area contributed by atoms with Crippen LogP contribution in [0.3, 0.4) is 0 Å². The van der Waals surface area contributed by atoms with Crippen LogP contribution in [-0.2, 0) is 16.1 Å². The molecule has 30 heavy (non-hydrogen) atoms. The fraction of sp³-hybridized carbons (Fsp3) is 0.364. The molecule has 3 amide bonds. The van der Waals surface area contributed by atoms with E-state index in [9.17, 15) is 14.4 Å². The Morgan fingerprint density at radius 1 is 1.07 bits per heavy atom. The summed E-state index contributed by atoms with van der Waals surface area (Å²) in [6.07, 6.45) is 5.41. The lowest BCUT2D eigenvalue weighted by atomic mass is 10.1. The van der Waals surface area contributed by atoms with Gasteiger partial charge in [-0.3, -0.25) is 24.3 Å². The van der Waals surface area contributed by atoms with E-state index in [0.29, 0.717) is 24.3 Å². The SMILES string of the molecule is CCN1CCCC1CNC(=O)C(=O)Nc1ccccc1C(=O)NCc1ccncc1. The molecular formula is C22H27N5O3. The van der Waals surface area contributed by atoms with Gasteiger partial charge in [0.15, 0.2) is 0 Å². The lowest BCUT2D eigenvalue weighted by Crippen LogP contribution is -2.43. The van der Waals surface area contributed by atoms with E-state index in [0.717, 1.165) is 31.5 Å². The Morgan fingerprint density at radius 2 is 1.83 bits per heavy atom. The molecule has 1 aromatic heterocycles. The molecule has 1 aromatic carbocycles. The molecule has 1 aliphatic rings. The number of amides is 3. The molecule has 158 valence electrons. The van der Waals surface area contributed by atoms with Crippen molar-refractivity contribution in [3.05, 3.63) is 59.9 Å². The molecule has 2 heterocycles. The van der Waals surface area contributed by atoms with Crippen LogP contribution in [0.15, 0.2) is 48.8 Å². The van der Waals surface area contributed by atoms with Crippen molar-refractivity contribution in [2.24, 2.45) is 0 Å². The van der Waals surface area contributed by atoms with Gasteiger partial charge in [-0.2, -0.15) is 0 Å². The third kappa shape index (κ3) is 5.64. The zero-order valence-corrected chi connectivity index (χ0v) is 17.1. The molecule has 0 aliphatic carbocycles. The summed E-state index contributed by atoms with van der Waals surface area (Å²) >= 11 is 0. The summed E-state index contributed by atoms with van der Waals surface area (Å²) < 4.78 is 0. The van der Waals surface area contributed by atoms with Gasteiger partial charge in [0.25, 0.3) is 5.91 Å². The smallest absolute Gasteiger partial charge is 0.313 e. The van der Waals surface area contributed by atoms with Gasteiger partial charge >= 0.3 is 11.8 Å². The Bertz CT molecular complexity index is 887. The van der Waals surface area contributed by atoms with Crippen molar-refractivity contribution in [2.45, 2.75) is 32.4 Å². The maximum Gasteiger partial charge on any atom is 0.313 e. The Kier molecular flexibility index (Phi) is 7.51. The number of pyridine rings is 1. The van der Waals surface area contributed by atoms with E-state index in [2.05, 4.69) is 32.8 Å². The number of benzene rings is 1. The molecule has 1 aliphatic heterocycles. The van der Waals surface area contributed by atoms with Crippen LogP contribution >= 0.6 is 0 Å². The van der Waals surface area contributed by atoms with E-state index in [1.165, 1.54) is 0 Å². The summed E-state index contributed by atoms with van der Waals surface area (Å²) in [5, 5.41) is 8.07. The molecule has 3 N–H and O–H groups in total. The van der Waals surface area contributed by atoms with E-state index in [-0.39, 0.29) is 11.9 Å². The predicted octanol–water partition coefficient (Wildman–Crippen LogP) is 1.55. The molecule has 8 heteroatoms. The van der Waals surface area contributed by atoms with E-state index < -0.39 is 11.8 Å². The number of rotatable bonds is 7. The van der Waals surface area contributed by atoms with Crippen molar-refractivity contribution in [3.8, 4) is 0 Å². The van der Waals surface area contributed by atoms with Crippen molar-refractivity contribution in [3.63, 3.8) is 0 Å². The van der Waals surface area contributed by atoms with Crippen molar-refractivity contribution in [1.29, 1.82) is 0 Å². The van der Waals surface area contributed by atoms with Crippen LogP contribution in [0.25, 0.3) is 0 Å². The van der Waals surface area contributed by atoms with Gasteiger partial charge in [0.1, 0.15) is 0 Å². The number of nitrogens with zero attached hydrogens (tertiary/aromatic N) is 2. The van der Waals surface area contributed by atoms with Crippen LogP contribution in [0.1, 0.15) is 35.7 Å². The Hall–Kier alpha value is -3.26. The largest absolute Gasteiger partial charge is 0.348 e. The summed E-state index contributed by atoms with van der Waals surface area (Å²) in [6.45, 7) is 4.80. The van der Waals surface area contributed by atoms with E-state index >= 15 is 0 Å². The number of hydrogen-bond acceptors (Lipinski definition) is 5. The minimum atomic E-state index is -0.787. The first kappa shape index (κ1) is 21.4. The van der Waals surface area contributed by atoms with Gasteiger partial charge in [0, 0.05) is 31.5 Å². The van der Waals surface area contributed by atoms with Crippen LogP contribution in [-0.4, -0.2) is 53.3 Å². The zero-order valence-electron chi connectivity index (χ0n) is 17.1. The van der Waals surface area contributed by atoms with E-state index in [1.54, 1.807) is 36.7 Å². The number of likely N-dealkylation sites (tertiary alicyclic amines) is 1. The topological polar surface area (TPSA) is 103 Å². The highest BCUT2D eigenvalue weighted by Gasteiger charge is 2.25. The third-order valence-electron chi connectivity index (χ3n) is 5.23. The molecule has 1 atom stereocenters. The first-order chi connectivity index (χ1) is 14.6. The molecule has 0 spiro atoms. The molecular weight excluding hydrogens is 382 g/mol. The van der Waals surface area contributed by atoms with Gasteiger partial charge in [0.2, 0.25) is 0 Å². The maximum atomic E-state index is 12.6. The van der Waals surface area contributed by atoms with Gasteiger partial charge in [0.05, 0.1) is 11.3 Å². The highest BCUT2D eigenvalue weighted by Crippen LogP contribution is 2.16. The van der Waals surface area contributed by atoms with Crippen molar-refractivity contribution in [2.75, 3.05) is 25.0 Å². The number of anilines is 1. The quantitative estimate of drug-likeness (QED) is 0.602. The average Bonchev–Trinajstić information content (AvgIpc) is 3.24. The molecule has 0 radical (unpaired) electrons. The number of hydrogen-bond donors (Lipinski definition) is 3. The summed E-state index contributed by atoms with van der Waals surface area (Å²) in [5.41, 5.74) is 1.49. The fourth-order valence-corrected chi connectivity index (χ4v) is 3.58. The van der Waals surface area contributed by atoms with Gasteiger partial charge in [-0.15, -0.1) is 0 Å². The van der Waals surface area contributed by atoms with E-state index in [4.69, 9.17) is 0 Å². The van der Waals surface area contributed by atoms with Crippen LogP contribution < -0.4 is 16.0 Å². The summed E-state index contributed by atoms with van der Waals surface area (Å²) in [6, 6.07) is 10.5. The second kappa shape index (κ2) is 10.5. The minimum Gasteiger partial charge on any atom is -0.348 e. The maximum absolute atomic E-state index is 12.6. The summed E-state index contributed by atoms with van der Waals surface area (Å²) in [4.78, 5) is 43.4. The predicted molar refractivity (Wildman–Crippen MR) is 114 cm³/mol. The molecule has 1 saturated heterocycles. The van der Waals surface area contributed by atoms with Crippen molar-refractivity contribution in [1.82, 2.24) is 20.5 Å². The molecule has 1 unspecified atom stereocenters. The number of para-hydroxylation sites is 1. The lowest BCUT2D eigenvalue weighted by Gasteiger charge is -2.22. The highest BCUT2D eigenvalue weighted by atomic mass is 16.2. The Morgan fingerprint density at radius 3 is 2.60 bits per heavy atom. The number of nitrogens with one attached hydrogen (secondary N) is 3. The Balaban J connectivity index is 1.56. The van der Waals surface area contributed by atoms with Gasteiger partial charge in [-0.1, -0.05) is 19.1 Å². The molecule has 1 fully saturated rings. The number of carbonyl (C=O) groups excluding carboxylic acids is 3. The van der Waals surface area contributed by atoms with Gasteiger partial charge < -0.3 is 16.0 Å². The molecule has 3 rings (SSSR count). The monoisotopic (exact) mass is 409 g/mol. The van der Waals surface area contributed by atoms with Gasteiger partial charge in [-0.25, -0.2) is 0 Å². The molecule has 0 bridgehead atoms. The molecule has 0 saturated carbocycles. The van der Waals surface area contributed by atoms with Gasteiger partial charge in [-0.05, 0) is 55.8 Å². The number of aromatic nitrogens is 1.